The lowest BCUT2D eigenvalue weighted by Gasteiger charge is -2.32. The molecule has 0 bridgehead atoms. The third-order valence-corrected chi connectivity index (χ3v) is 4.55. The van der Waals surface area contributed by atoms with Gasteiger partial charge in [-0.05, 0) is 44.5 Å². The Balaban J connectivity index is 1.66. The molecule has 1 amide bonds. The van der Waals surface area contributed by atoms with Crippen LogP contribution in [0.1, 0.15) is 36.0 Å². The Hall–Kier alpha value is -1.62. The summed E-state index contributed by atoms with van der Waals surface area (Å²) in [7, 11) is 0. The van der Waals surface area contributed by atoms with Crippen LogP contribution < -0.4 is 0 Å². The average molecular weight is 292 g/mol. The van der Waals surface area contributed by atoms with Gasteiger partial charge in [-0.3, -0.25) is 9.69 Å². The maximum atomic E-state index is 13.0. The van der Waals surface area contributed by atoms with E-state index in [0.717, 1.165) is 25.6 Å². The molecule has 2 aliphatic rings. The summed E-state index contributed by atoms with van der Waals surface area (Å²) in [5.41, 5.74) is 0.190. The smallest absolute Gasteiger partial charge is 0.257 e. The number of rotatable bonds is 2. The number of phenolic OH excluding ortho intramolecular Hbond substituents is 1. The summed E-state index contributed by atoms with van der Waals surface area (Å²) in [6.45, 7) is 3.65. The van der Waals surface area contributed by atoms with Gasteiger partial charge < -0.3 is 10.0 Å². The highest BCUT2D eigenvalue weighted by molar-refractivity contribution is 5.97. The van der Waals surface area contributed by atoms with E-state index in [-0.39, 0.29) is 17.2 Å². The molecule has 2 fully saturated rings. The zero-order valence-electron chi connectivity index (χ0n) is 12.1. The zero-order valence-corrected chi connectivity index (χ0v) is 12.1. The fourth-order valence-electron chi connectivity index (χ4n) is 3.36. The lowest BCUT2D eigenvalue weighted by atomic mass is 10.1. The van der Waals surface area contributed by atoms with Gasteiger partial charge in [0.15, 0.2) is 0 Å². The second-order valence-electron chi connectivity index (χ2n) is 5.95. The normalized spacial score (nSPS) is 23.5. The number of likely N-dealkylation sites (tertiary alicyclic amines) is 2. The van der Waals surface area contributed by atoms with Crippen molar-refractivity contribution in [3.05, 3.63) is 29.6 Å². The van der Waals surface area contributed by atoms with Gasteiger partial charge >= 0.3 is 0 Å². The minimum atomic E-state index is -0.531. The third kappa shape index (κ3) is 3.02. The van der Waals surface area contributed by atoms with Gasteiger partial charge in [-0.2, -0.15) is 0 Å². The van der Waals surface area contributed by atoms with Crippen LogP contribution in [0.4, 0.5) is 4.39 Å². The number of hydrogen-bond donors (Lipinski definition) is 1. The molecule has 1 aromatic carbocycles. The van der Waals surface area contributed by atoms with E-state index in [1.807, 2.05) is 0 Å². The van der Waals surface area contributed by atoms with Crippen LogP contribution in [0.3, 0.4) is 0 Å². The van der Waals surface area contributed by atoms with Crippen molar-refractivity contribution in [2.45, 2.75) is 31.7 Å². The molecule has 2 saturated heterocycles. The van der Waals surface area contributed by atoms with Crippen molar-refractivity contribution < 1.29 is 14.3 Å². The molecule has 0 saturated carbocycles. The summed E-state index contributed by atoms with van der Waals surface area (Å²) in [4.78, 5) is 16.7. The number of aromatic hydroxyl groups is 1. The van der Waals surface area contributed by atoms with Crippen LogP contribution in [-0.2, 0) is 0 Å². The van der Waals surface area contributed by atoms with Crippen molar-refractivity contribution in [3.63, 3.8) is 0 Å². The predicted molar refractivity (Wildman–Crippen MR) is 77.8 cm³/mol. The first-order chi connectivity index (χ1) is 10.1. The summed E-state index contributed by atoms with van der Waals surface area (Å²) in [5, 5.41) is 9.74. The summed E-state index contributed by atoms with van der Waals surface area (Å²) >= 11 is 0. The van der Waals surface area contributed by atoms with Crippen molar-refractivity contribution >= 4 is 5.91 Å². The van der Waals surface area contributed by atoms with E-state index >= 15 is 0 Å². The van der Waals surface area contributed by atoms with Crippen molar-refractivity contribution in [1.82, 2.24) is 9.80 Å². The fourth-order valence-corrected chi connectivity index (χ4v) is 3.36. The van der Waals surface area contributed by atoms with Crippen LogP contribution in [0.2, 0.25) is 0 Å². The topological polar surface area (TPSA) is 43.8 Å². The third-order valence-electron chi connectivity index (χ3n) is 4.55. The monoisotopic (exact) mass is 292 g/mol. The van der Waals surface area contributed by atoms with Crippen LogP contribution in [0.15, 0.2) is 18.2 Å². The molecule has 2 aliphatic heterocycles. The van der Waals surface area contributed by atoms with Crippen LogP contribution in [0, 0.1) is 5.82 Å². The molecule has 21 heavy (non-hydrogen) atoms. The molecule has 0 spiro atoms. The summed E-state index contributed by atoms with van der Waals surface area (Å²) in [6, 6.07) is 3.99. The number of halogens is 1. The number of phenols is 1. The number of benzene rings is 1. The number of hydrogen-bond acceptors (Lipinski definition) is 3. The zero-order chi connectivity index (χ0) is 14.8. The quantitative estimate of drug-likeness (QED) is 0.909. The highest BCUT2D eigenvalue weighted by Gasteiger charge is 2.32. The van der Waals surface area contributed by atoms with E-state index in [1.54, 1.807) is 4.90 Å². The second-order valence-corrected chi connectivity index (χ2v) is 5.95. The Bertz CT molecular complexity index is 529. The van der Waals surface area contributed by atoms with Gasteiger partial charge in [0, 0.05) is 25.2 Å². The molecule has 0 unspecified atom stereocenters. The molecule has 0 radical (unpaired) electrons. The van der Waals surface area contributed by atoms with Crippen LogP contribution in [-0.4, -0.2) is 53.0 Å². The molecule has 2 heterocycles. The first-order valence-corrected chi connectivity index (χ1v) is 7.67. The van der Waals surface area contributed by atoms with Crippen molar-refractivity contribution in [2.24, 2.45) is 0 Å². The van der Waals surface area contributed by atoms with E-state index in [1.165, 1.54) is 31.4 Å². The first kappa shape index (κ1) is 14.3. The number of carbonyl (C=O) groups excluding carboxylic acids is 1. The Kier molecular flexibility index (Phi) is 4.10. The number of amides is 1. The summed E-state index contributed by atoms with van der Waals surface area (Å²) < 4.78 is 13.0. The minimum absolute atomic E-state index is 0.190. The van der Waals surface area contributed by atoms with E-state index in [9.17, 15) is 14.3 Å². The van der Waals surface area contributed by atoms with Gasteiger partial charge in [-0.25, -0.2) is 4.39 Å². The molecule has 1 N–H and O–H groups in total. The Labute approximate surface area is 124 Å². The summed E-state index contributed by atoms with van der Waals surface area (Å²) in [6.07, 6.45) is 4.76. The highest BCUT2D eigenvalue weighted by Crippen LogP contribution is 2.25. The minimum Gasteiger partial charge on any atom is -0.507 e. The molecule has 1 atom stereocenters. The second kappa shape index (κ2) is 6.02. The molecule has 0 aliphatic carbocycles. The van der Waals surface area contributed by atoms with Crippen molar-refractivity contribution in [1.29, 1.82) is 0 Å². The molecule has 4 nitrogen and oxygen atoms in total. The molecule has 0 aromatic heterocycles. The van der Waals surface area contributed by atoms with Crippen LogP contribution in [0.25, 0.3) is 0 Å². The molecular weight excluding hydrogens is 271 g/mol. The Morgan fingerprint density at radius 1 is 1.19 bits per heavy atom. The van der Waals surface area contributed by atoms with E-state index in [2.05, 4.69) is 4.90 Å². The SMILES string of the molecule is O=C(c1ccc(F)cc1O)N1CC[C@H](N2CCCCC2)C1. The standard InChI is InChI=1S/C16H21FN2O2/c17-12-4-5-14(15(20)10-12)16(21)19-9-6-13(11-19)18-7-2-1-3-8-18/h4-5,10,13,20H,1-3,6-9,11H2/t13-/m0/s1. The van der Waals surface area contributed by atoms with Gasteiger partial charge in [0.25, 0.3) is 5.91 Å². The van der Waals surface area contributed by atoms with Crippen LogP contribution >= 0.6 is 0 Å². The van der Waals surface area contributed by atoms with E-state index in [0.29, 0.717) is 19.1 Å². The number of carbonyl (C=O) groups is 1. The first-order valence-electron chi connectivity index (χ1n) is 7.67. The highest BCUT2D eigenvalue weighted by atomic mass is 19.1. The molecular formula is C16H21FN2O2. The largest absolute Gasteiger partial charge is 0.507 e. The Morgan fingerprint density at radius 2 is 1.95 bits per heavy atom. The lowest BCUT2D eigenvalue weighted by molar-refractivity contribution is 0.0768. The van der Waals surface area contributed by atoms with Gasteiger partial charge in [-0.1, -0.05) is 6.42 Å². The Morgan fingerprint density at radius 3 is 2.67 bits per heavy atom. The lowest BCUT2D eigenvalue weighted by Crippen LogP contribution is -2.41. The predicted octanol–water partition coefficient (Wildman–Crippen LogP) is 2.23. The number of nitrogens with zero attached hydrogens (tertiary/aromatic N) is 2. The van der Waals surface area contributed by atoms with E-state index < -0.39 is 5.82 Å². The van der Waals surface area contributed by atoms with Crippen molar-refractivity contribution in [3.8, 4) is 5.75 Å². The molecule has 3 rings (SSSR count). The fraction of sp³-hybridized carbons (Fsp3) is 0.562. The molecule has 114 valence electrons. The maximum Gasteiger partial charge on any atom is 0.257 e. The molecule has 5 heteroatoms. The van der Waals surface area contributed by atoms with Gasteiger partial charge in [0.2, 0.25) is 0 Å². The van der Waals surface area contributed by atoms with Gasteiger partial charge in [0.1, 0.15) is 11.6 Å². The molecule has 1 aromatic rings. The average Bonchev–Trinajstić information content (AvgIpc) is 2.97. The van der Waals surface area contributed by atoms with Gasteiger partial charge in [0.05, 0.1) is 5.56 Å². The van der Waals surface area contributed by atoms with Crippen molar-refractivity contribution in [2.75, 3.05) is 26.2 Å². The summed E-state index contributed by atoms with van der Waals surface area (Å²) in [5.74, 6) is -1.01. The van der Waals surface area contributed by atoms with Crippen LogP contribution in [0.5, 0.6) is 5.75 Å². The van der Waals surface area contributed by atoms with Gasteiger partial charge in [-0.15, -0.1) is 0 Å². The maximum absolute atomic E-state index is 13.0. The number of piperidine rings is 1. The van der Waals surface area contributed by atoms with E-state index in [4.69, 9.17) is 0 Å².